The molecule has 4 rings (SSSR count). The van der Waals surface area contributed by atoms with E-state index in [4.69, 9.17) is 16.6 Å². The van der Waals surface area contributed by atoms with E-state index >= 15 is 0 Å². The Bertz CT molecular complexity index is 1080. The zero-order valence-electron chi connectivity index (χ0n) is 14.1. The molecule has 134 valence electrons. The summed E-state index contributed by atoms with van der Waals surface area (Å²) >= 11 is 0. The van der Waals surface area contributed by atoms with Gasteiger partial charge in [0.2, 0.25) is 0 Å². The number of para-hydroxylation sites is 2. The first-order valence-electron chi connectivity index (χ1n) is 8.47. The molecule has 26 heavy (non-hydrogen) atoms. The SMILES string of the molecule is N=C(N)n1ccnc(N2CCC(n3c(=O)[nH]c4ccccc43)CC2)c1=N. The minimum Gasteiger partial charge on any atom is -0.369 e. The number of anilines is 1. The molecule has 1 aromatic carbocycles. The Morgan fingerprint density at radius 1 is 1.27 bits per heavy atom. The second-order valence-corrected chi connectivity index (χ2v) is 6.39. The average Bonchev–Trinajstić information content (AvgIpc) is 2.97. The van der Waals surface area contributed by atoms with Crippen LogP contribution in [0.1, 0.15) is 18.9 Å². The van der Waals surface area contributed by atoms with Gasteiger partial charge in [0.1, 0.15) is 0 Å². The maximum atomic E-state index is 12.4. The van der Waals surface area contributed by atoms with Crippen molar-refractivity contribution in [3.63, 3.8) is 0 Å². The van der Waals surface area contributed by atoms with Gasteiger partial charge in [-0.25, -0.2) is 9.78 Å². The molecule has 0 spiro atoms. The number of nitrogens with two attached hydrogens (primary N) is 1. The van der Waals surface area contributed by atoms with Crippen molar-refractivity contribution >= 4 is 22.8 Å². The highest BCUT2D eigenvalue weighted by Crippen LogP contribution is 2.25. The molecule has 0 aliphatic carbocycles. The van der Waals surface area contributed by atoms with Gasteiger partial charge in [0.25, 0.3) is 0 Å². The summed E-state index contributed by atoms with van der Waals surface area (Å²) in [4.78, 5) is 21.6. The minimum absolute atomic E-state index is 0.0851. The van der Waals surface area contributed by atoms with Gasteiger partial charge in [-0.2, -0.15) is 0 Å². The number of rotatable bonds is 2. The van der Waals surface area contributed by atoms with E-state index in [1.54, 1.807) is 6.20 Å². The molecule has 3 aromatic rings. The Kier molecular flexibility index (Phi) is 3.83. The van der Waals surface area contributed by atoms with E-state index < -0.39 is 0 Å². The van der Waals surface area contributed by atoms with Crippen LogP contribution >= 0.6 is 0 Å². The standard InChI is InChI=1S/C17H20N8O/c18-14-15(21-7-10-24(14)16(19)20)23-8-5-11(6-9-23)25-13-4-2-1-3-12(13)22-17(25)26/h1-4,7,10-11,18H,5-6,8-9H2,(H3,19,20)(H,22,26). The third-order valence-electron chi connectivity index (χ3n) is 4.88. The van der Waals surface area contributed by atoms with Gasteiger partial charge in [-0.05, 0) is 25.0 Å². The van der Waals surface area contributed by atoms with E-state index in [0.717, 1.165) is 23.9 Å². The van der Waals surface area contributed by atoms with Crippen molar-refractivity contribution in [3.05, 3.63) is 52.6 Å². The number of piperidine rings is 1. The van der Waals surface area contributed by atoms with Gasteiger partial charge in [0.05, 0.1) is 11.0 Å². The number of nitrogens with zero attached hydrogens (tertiary/aromatic N) is 4. The normalized spacial score (nSPS) is 15.5. The maximum Gasteiger partial charge on any atom is 0.326 e. The molecule has 1 aliphatic rings. The highest BCUT2D eigenvalue weighted by molar-refractivity contribution is 5.77. The van der Waals surface area contributed by atoms with Crippen LogP contribution in [-0.4, -0.2) is 38.2 Å². The van der Waals surface area contributed by atoms with Gasteiger partial charge in [-0.1, -0.05) is 12.1 Å². The molecular weight excluding hydrogens is 332 g/mol. The third kappa shape index (κ3) is 2.57. The summed E-state index contributed by atoms with van der Waals surface area (Å²) in [6, 6.07) is 7.81. The van der Waals surface area contributed by atoms with Crippen molar-refractivity contribution in [1.29, 1.82) is 10.8 Å². The Hall–Kier alpha value is -3.36. The number of imidazole rings is 1. The van der Waals surface area contributed by atoms with Gasteiger partial charge in [-0.3, -0.25) is 20.0 Å². The summed E-state index contributed by atoms with van der Waals surface area (Å²) < 4.78 is 3.13. The average molecular weight is 352 g/mol. The lowest BCUT2D eigenvalue weighted by Gasteiger charge is -2.33. The van der Waals surface area contributed by atoms with Crippen molar-refractivity contribution in [3.8, 4) is 0 Å². The smallest absolute Gasteiger partial charge is 0.326 e. The molecule has 9 heteroatoms. The van der Waals surface area contributed by atoms with Crippen LogP contribution < -0.4 is 21.8 Å². The number of fused-ring (bicyclic) bond motifs is 1. The number of aromatic nitrogens is 4. The molecule has 0 amide bonds. The first kappa shape index (κ1) is 16.1. The van der Waals surface area contributed by atoms with E-state index in [1.165, 1.54) is 10.8 Å². The number of H-pyrrole nitrogens is 1. The number of nitrogen functional groups attached to an aromatic ring is 1. The zero-order valence-corrected chi connectivity index (χ0v) is 14.1. The van der Waals surface area contributed by atoms with E-state index in [1.807, 2.05) is 33.7 Å². The van der Waals surface area contributed by atoms with Crippen molar-refractivity contribution in [2.24, 2.45) is 5.73 Å². The van der Waals surface area contributed by atoms with Crippen LogP contribution in [0.4, 0.5) is 5.82 Å². The number of aromatic amines is 1. The topological polar surface area (TPSA) is 133 Å². The lowest BCUT2D eigenvalue weighted by molar-refractivity contribution is 0.394. The molecule has 3 heterocycles. The Morgan fingerprint density at radius 3 is 2.73 bits per heavy atom. The molecule has 2 aromatic heterocycles. The second-order valence-electron chi connectivity index (χ2n) is 6.39. The van der Waals surface area contributed by atoms with Crippen molar-refractivity contribution < 1.29 is 0 Å². The summed E-state index contributed by atoms with van der Waals surface area (Å²) in [6.45, 7) is 1.36. The van der Waals surface area contributed by atoms with Crippen LogP contribution in [-0.2, 0) is 0 Å². The molecule has 0 bridgehead atoms. The number of hydrogen-bond acceptors (Lipinski definition) is 5. The summed E-state index contributed by atoms with van der Waals surface area (Å²) in [5.41, 5.74) is 7.29. The number of benzene rings is 1. The van der Waals surface area contributed by atoms with Crippen LogP contribution in [0, 0.1) is 10.8 Å². The highest BCUT2D eigenvalue weighted by atomic mass is 16.1. The predicted molar refractivity (Wildman–Crippen MR) is 98.4 cm³/mol. The third-order valence-corrected chi connectivity index (χ3v) is 4.88. The van der Waals surface area contributed by atoms with E-state index in [9.17, 15) is 4.79 Å². The monoisotopic (exact) mass is 352 g/mol. The molecular formula is C17H20N8O. The first-order chi connectivity index (χ1) is 12.6. The van der Waals surface area contributed by atoms with Gasteiger partial charge < -0.3 is 15.6 Å². The first-order valence-corrected chi connectivity index (χ1v) is 8.47. The van der Waals surface area contributed by atoms with Crippen LogP contribution in [0.5, 0.6) is 0 Å². The summed E-state index contributed by atoms with van der Waals surface area (Å²) in [7, 11) is 0. The van der Waals surface area contributed by atoms with Crippen LogP contribution in [0.3, 0.4) is 0 Å². The van der Waals surface area contributed by atoms with Crippen molar-refractivity contribution in [1.82, 2.24) is 19.1 Å². The molecule has 9 nitrogen and oxygen atoms in total. The summed E-state index contributed by atoms with van der Waals surface area (Å²) in [5.74, 6) is 0.298. The molecule has 1 aliphatic heterocycles. The fourth-order valence-corrected chi connectivity index (χ4v) is 3.62. The van der Waals surface area contributed by atoms with E-state index in [0.29, 0.717) is 18.9 Å². The maximum absolute atomic E-state index is 12.4. The predicted octanol–water partition coefficient (Wildman–Crippen LogP) is 0.589. The quantitative estimate of drug-likeness (QED) is 0.397. The molecule has 5 N–H and O–H groups in total. The molecule has 0 radical (unpaired) electrons. The van der Waals surface area contributed by atoms with Crippen LogP contribution in [0.15, 0.2) is 41.5 Å². The van der Waals surface area contributed by atoms with E-state index in [-0.39, 0.29) is 23.2 Å². The number of hydrogen-bond donors (Lipinski definition) is 4. The second kappa shape index (κ2) is 6.17. The molecule has 1 fully saturated rings. The fraction of sp³-hybridized carbons (Fsp3) is 0.294. The fourth-order valence-electron chi connectivity index (χ4n) is 3.62. The molecule has 0 saturated carbocycles. The van der Waals surface area contributed by atoms with E-state index in [2.05, 4.69) is 9.97 Å². The van der Waals surface area contributed by atoms with Gasteiger partial charge >= 0.3 is 5.69 Å². The highest BCUT2D eigenvalue weighted by Gasteiger charge is 2.25. The number of nitrogens with one attached hydrogen (secondary N) is 3. The molecule has 1 saturated heterocycles. The van der Waals surface area contributed by atoms with Gasteiger partial charge in [-0.15, -0.1) is 0 Å². The Morgan fingerprint density at radius 2 is 2.00 bits per heavy atom. The lowest BCUT2D eigenvalue weighted by Crippen LogP contribution is -2.42. The molecule has 0 unspecified atom stereocenters. The largest absolute Gasteiger partial charge is 0.369 e. The van der Waals surface area contributed by atoms with Crippen LogP contribution in [0.2, 0.25) is 0 Å². The van der Waals surface area contributed by atoms with Gasteiger partial charge in [0, 0.05) is 31.5 Å². The zero-order chi connectivity index (χ0) is 18.3. The summed E-state index contributed by atoms with van der Waals surface area (Å²) in [6.07, 6.45) is 4.60. The van der Waals surface area contributed by atoms with Gasteiger partial charge in [0.15, 0.2) is 17.3 Å². The Balaban J connectivity index is 1.59. The van der Waals surface area contributed by atoms with Crippen molar-refractivity contribution in [2.75, 3.05) is 18.0 Å². The summed E-state index contributed by atoms with van der Waals surface area (Å²) in [5, 5.41) is 15.8. The molecule has 0 atom stereocenters. The minimum atomic E-state index is -0.209. The Labute approximate surface area is 148 Å². The lowest BCUT2D eigenvalue weighted by atomic mass is 10.0. The van der Waals surface area contributed by atoms with Crippen molar-refractivity contribution in [2.45, 2.75) is 18.9 Å². The van der Waals surface area contributed by atoms with Crippen LogP contribution in [0.25, 0.3) is 11.0 Å².